The number of benzene rings is 1. The lowest BCUT2D eigenvalue weighted by molar-refractivity contribution is 0.0154. The zero-order valence-electron chi connectivity index (χ0n) is 7.42. The molecule has 0 amide bonds. The molecule has 1 heterocycles. The quantitative estimate of drug-likeness (QED) is 0.741. The minimum Gasteiger partial charge on any atom is -0.399 e. The number of hydrogen-bond donors (Lipinski definition) is 1. The van der Waals surface area contributed by atoms with Crippen LogP contribution in [0.5, 0.6) is 0 Å². The fraction of sp³-hybridized carbons (Fsp3) is 0.222. The largest absolute Gasteiger partial charge is 0.399 e. The molecule has 0 spiro atoms. The highest BCUT2D eigenvalue weighted by molar-refractivity contribution is 7.13. The van der Waals surface area contributed by atoms with Crippen molar-refractivity contribution in [2.45, 2.75) is 12.8 Å². The minimum absolute atomic E-state index is 0.169. The predicted octanol–water partition coefficient (Wildman–Crippen LogP) is 2.99. The number of aromatic nitrogens is 1. The second kappa shape index (κ2) is 2.88. The van der Waals surface area contributed by atoms with Gasteiger partial charge in [-0.25, -0.2) is 0 Å². The number of rotatable bonds is 1. The Balaban J connectivity index is 2.70. The van der Waals surface area contributed by atoms with Crippen molar-refractivity contribution in [1.82, 2.24) is 4.37 Å². The second-order valence-electron chi connectivity index (χ2n) is 3.18. The maximum absolute atomic E-state index is 13.0. The molecule has 0 bridgehead atoms. The molecule has 1 aromatic heterocycles. The van der Waals surface area contributed by atoms with E-state index in [1.165, 1.54) is 0 Å². The first-order chi connectivity index (χ1) is 6.48. The molecule has 0 aliphatic carbocycles. The SMILES string of the molecule is CC(F)(F)c1nsc2cc(N)ccc12. The number of anilines is 1. The van der Waals surface area contributed by atoms with E-state index in [9.17, 15) is 8.78 Å². The third kappa shape index (κ3) is 1.43. The normalized spacial score (nSPS) is 12.2. The summed E-state index contributed by atoms with van der Waals surface area (Å²) in [5.41, 5.74) is 5.93. The molecule has 14 heavy (non-hydrogen) atoms. The van der Waals surface area contributed by atoms with Gasteiger partial charge in [-0.1, -0.05) is 0 Å². The Morgan fingerprint density at radius 3 is 2.79 bits per heavy atom. The van der Waals surface area contributed by atoms with Crippen molar-refractivity contribution in [3.8, 4) is 0 Å². The summed E-state index contributed by atoms with van der Waals surface area (Å²) < 4.78 is 30.5. The van der Waals surface area contributed by atoms with Gasteiger partial charge in [-0.05, 0) is 29.7 Å². The third-order valence-corrected chi connectivity index (χ3v) is 2.72. The highest BCUT2D eigenvalue weighted by atomic mass is 32.1. The van der Waals surface area contributed by atoms with Gasteiger partial charge >= 0.3 is 0 Å². The van der Waals surface area contributed by atoms with Crippen LogP contribution in [-0.4, -0.2) is 4.37 Å². The van der Waals surface area contributed by atoms with Crippen LogP contribution in [0, 0.1) is 0 Å². The molecule has 0 saturated carbocycles. The standard InChI is InChI=1S/C9H8F2N2S/c1-9(10,11)8-6-3-2-5(12)4-7(6)14-13-8/h2-4H,12H2,1H3. The number of halogens is 2. The van der Waals surface area contributed by atoms with Crippen LogP contribution in [0.3, 0.4) is 0 Å². The second-order valence-corrected chi connectivity index (χ2v) is 3.98. The Hall–Kier alpha value is -1.23. The first-order valence-corrected chi connectivity index (χ1v) is 4.79. The molecular weight excluding hydrogens is 206 g/mol. The molecule has 0 fully saturated rings. The molecule has 5 heteroatoms. The Morgan fingerprint density at radius 1 is 1.43 bits per heavy atom. The van der Waals surface area contributed by atoms with Gasteiger partial charge < -0.3 is 5.73 Å². The molecule has 2 rings (SSSR count). The Morgan fingerprint density at radius 2 is 2.14 bits per heavy atom. The van der Waals surface area contributed by atoms with Crippen molar-refractivity contribution >= 4 is 27.3 Å². The monoisotopic (exact) mass is 214 g/mol. The number of fused-ring (bicyclic) bond motifs is 1. The van der Waals surface area contributed by atoms with Crippen LogP contribution in [0.4, 0.5) is 14.5 Å². The summed E-state index contributed by atoms with van der Waals surface area (Å²) in [5, 5.41) is 0.483. The van der Waals surface area contributed by atoms with Crippen molar-refractivity contribution in [3.05, 3.63) is 23.9 Å². The van der Waals surface area contributed by atoms with Gasteiger partial charge in [0, 0.05) is 18.0 Å². The molecule has 0 radical (unpaired) electrons. The topological polar surface area (TPSA) is 38.9 Å². The van der Waals surface area contributed by atoms with Gasteiger partial charge in [-0.2, -0.15) is 13.2 Å². The molecule has 0 atom stereocenters. The Kier molecular flexibility index (Phi) is 1.92. The Bertz CT molecular complexity index is 473. The van der Waals surface area contributed by atoms with Crippen LogP contribution < -0.4 is 5.73 Å². The summed E-state index contributed by atoms with van der Waals surface area (Å²) >= 11 is 1.04. The fourth-order valence-corrected chi connectivity index (χ4v) is 2.17. The van der Waals surface area contributed by atoms with Gasteiger partial charge in [-0.3, -0.25) is 0 Å². The van der Waals surface area contributed by atoms with Crippen LogP contribution in [0.2, 0.25) is 0 Å². The highest BCUT2D eigenvalue weighted by Crippen LogP contribution is 2.34. The van der Waals surface area contributed by atoms with Gasteiger partial charge in [0.25, 0.3) is 5.92 Å². The molecule has 1 aromatic carbocycles. The van der Waals surface area contributed by atoms with Crippen LogP contribution >= 0.6 is 11.5 Å². The number of alkyl halides is 2. The number of nitrogen functional groups attached to an aromatic ring is 1. The number of nitrogens with zero attached hydrogens (tertiary/aromatic N) is 1. The summed E-state index contributed by atoms with van der Waals surface area (Å²) in [7, 11) is 0. The van der Waals surface area contributed by atoms with E-state index < -0.39 is 5.92 Å². The fourth-order valence-electron chi connectivity index (χ4n) is 1.27. The molecular formula is C9H8F2N2S. The van der Waals surface area contributed by atoms with Gasteiger partial charge in [0.1, 0.15) is 5.69 Å². The first-order valence-electron chi connectivity index (χ1n) is 4.01. The van der Waals surface area contributed by atoms with Crippen LogP contribution in [-0.2, 0) is 5.92 Å². The highest BCUT2D eigenvalue weighted by Gasteiger charge is 2.29. The first kappa shape index (κ1) is 9.33. The zero-order chi connectivity index (χ0) is 10.3. The van der Waals surface area contributed by atoms with E-state index in [1.54, 1.807) is 18.2 Å². The molecule has 2 N–H and O–H groups in total. The molecule has 0 aliphatic heterocycles. The summed E-state index contributed by atoms with van der Waals surface area (Å²) in [6, 6.07) is 4.84. The van der Waals surface area contributed by atoms with Gasteiger partial charge in [0.05, 0.1) is 4.70 Å². The number of hydrogen-bond acceptors (Lipinski definition) is 3. The number of nitrogens with two attached hydrogens (primary N) is 1. The molecule has 74 valence electrons. The summed E-state index contributed by atoms with van der Waals surface area (Å²) in [6.07, 6.45) is 0. The van der Waals surface area contributed by atoms with E-state index in [-0.39, 0.29) is 5.69 Å². The summed E-state index contributed by atoms with van der Waals surface area (Å²) in [6.45, 7) is 0.845. The summed E-state index contributed by atoms with van der Waals surface area (Å²) in [4.78, 5) is 0. The van der Waals surface area contributed by atoms with Gasteiger partial charge in [0.15, 0.2) is 0 Å². The molecule has 2 nitrogen and oxygen atoms in total. The van der Waals surface area contributed by atoms with E-state index >= 15 is 0 Å². The smallest absolute Gasteiger partial charge is 0.288 e. The van der Waals surface area contributed by atoms with Crippen molar-refractivity contribution < 1.29 is 8.78 Å². The molecule has 0 unspecified atom stereocenters. The van der Waals surface area contributed by atoms with Gasteiger partial charge in [-0.15, -0.1) is 0 Å². The maximum Gasteiger partial charge on any atom is 0.288 e. The van der Waals surface area contributed by atoms with E-state index in [2.05, 4.69) is 4.37 Å². The van der Waals surface area contributed by atoms with E-state index in [0.29, 0.717) is 15.8 Å². The van der Waals surface area contributed by atoms with E-state index in [4.69, 9.17) is 5.73 Å². The molecule has 0 aliphatic rings. The average Bonchev–Trinajstić information content (AvgIpc) is 2.45. The molecule has 0 saturated heterocycles. The van der Waals surface area contributed by atoms with Gasteiger partial charge in [0.2, 0.25) is 0 Å². The van der Waals surface area contributed by atoms with Crippen LogP contribution in [0.15, 0.2) is 18.2 Å². The van der Waals surface area contributed by atoms with E-state index in [1.807, 2.05) is 0 Å². The van der Waals surface area contributed by atoms with E-state index in [0.717, 1.165) is 18.5 Å². The Labute approximate surface area is 83.5 Å². The summed E-state index contributed by atoms with van der Waals surface area (Å²) in [5.74, 6) is -2.89. The van der Waals surface area contributed by atoms with Crippen molar-refractivity contribution in [3.63, 3.8) is 0 Å². The average molecular weight is 214 g/mol. The van der Waals surface area contributed by atoms with Crippen LogP contribution in [0.1, 0.15) is 12.6 Å². The lowest BCUT2D eigenvalue weighted by atomic mass is 10.1. The van der Waals surface area contributed by atoms with Crippen molar-refractivity contribution in [2.24, 2.45) is 0 Å². The maximum atomic E-state index is 13.0. The molecule has 2 aromatic rings. The lowest BCUT2D eigenvalue weighted by Crippen LogP contribution is -2.07. The lowest BCUT2D eigenvalue weighted by Gasteiger charge is -2.06. The zero-order valence-corrected chi connectivity index (χ0v) is 8.24. The van der Waals surface area contributed by atoms with Crippen LogP contribution in [0.25, 0.3) is 10.1 Å². The van der Waals surface area contributed by atoms with Crippen molar-refractivity contribution in [1.29, 1.82) is 0 Å². The minimum atomic E-state index is -2.89. The predicted molar refractivity (Wildman–Crippen MR) is 53.6 cm³/mol. The van der Waals surface area contributed by atoms with Crippen molar-refractivity contribution in [2.75, 3.05) is 5.73 Å². The third-order valence-electron chi connectivity index (χ3n) is 1.91.